The zero-order valence-electron chi connectivity index (χ0n) is 19.3. The van der Waals surface area contributed by atoms with Gasteiger partial charge in [0.05, 0.1) is 12.2 Å². The summed E-state index contributed by atoms with van der Waals surface area (Å²) in [5.74, 6) is 3.20. The number of hydrogen-bond acceptors (Lipinski definition) is 2. The van der Waals surface area contributed by atoms with E-state index in [2.05, 4.69) is 46.4 Å². The second kappa shape index (κ2) is 9.52. The minimum atomic E-state index is -0.595. The third-order valence-electron chi connectivity index (χ3n) is 8.43. The third-order valence-corrected chi connectivity index (χ3v) is 8.43. The van der Waals surface area contributed by atoms with Crippen molar-refractivity contribution >= 4 is 0 Å². The van der Waals surface area contributed by atoms with Gasteiger partial charge in [0.15, 0.2) is 0 Å². The molecule has 164 valence electrons. The molecule has 0 unspecified atom stereocenters. The van der Waals surface area contributed by atoms with Gasteiger partial charge in [0, 0.05) is 6.42 Å². The Morgan fingerprint density at radius 2 is 1.90 bits per heavy atom. The van der Waals surface area contributed by atoms with Crippen LogP contribution in [0.15, 0.2) is 35.5 Å². The molecular weight excluding hydrogens is 356 g/mol. The molecule has 3 fully saturated rings. The molecule has 0 aromatic heterocycles. The summed E-state index contributed by atoms with van der Waals surface area (Å²) in [5.41, 5.74) is 3.88. The number of hydrogen-bond donors (Lipinski definition) is 2. The summed E-state index contributed by atoms with van der Waals surface area (Å²) in [5, 5.41) is 20.2. The summed E-state index contributed by atoms with van der Waals surface area (Å²) in [4.78, 5) is 0. The Bertz CT molecular complexity index is 643. The summed E-state index contributed by atoms with van der Waals surface area (Å²) in [6.07, 6.45) is 15.2. The van der Waals surface area contributed by atoms with E-state index in [4.69, 9.17) is 0 Å². The molecule has 0 amide bonds. The van der Waals surface area contributed by atoms with Gasteiger partial charge in [-0.1, -0.05) is 71.3 Å². The van der Waals surface area contributed by atoms with Crippen molar-refractivity contribution in [3.63, 3.8) is 0 Å². The first-order valence-corrected chi connectivity index (χ1v) is 12.2. The van der Waals surface area contributed by atoms with Crippen molar-refractivity contribution in [1.82, 2.24) is 0 Å². The Kier molecular flexibility index (Phi) is 7.49. The van der Waals surface area contributed by atoms with Gasteiger partial charge in [0.25, 0.3) is 0 Å². The Morgan fingerprint density at radius 3 is 2.62 bits per heavy atom. The highest BCUT2D eigenvalue weighted by atomic mass is 16.3. The van der Waals surface area contributed by atoms with E-state index >= 15 is 0 Å². The van der Waals surface area contributed by atoms with Crippen LogP contribution in [0.5, 0.6) is 0 Å². The van der Waals surface area contributed by atoms with Crippen molar-refractivity contribution < 1.29 is 10.2 Å². The van der Waals surface area contributed by atoms with E-state index in [0.717, 1.165) is 28.9 Å². The number of fused-ring (bicyclic) bond motifs is 1. The third kappa shape index (κ3) is 5.07. The van der Waals surface area contributed by atoms with Crippen molar-refractivity contribution in [3.8, 4) is 0 Å². The highest BCUT2D eigenvalue weighted by Gasteiger charge is 2.50. The van der Waals surface area contributed by atoms with E-state index in [1.807, 2.05) is 0 Å². The topological polar surface area (TPSA) is 40.5 Å². The molecular formula is C27H44O2. The highest BCUT2D eigenvalue weighted by Crippen LogP contribution is 2.59. The second-order valence-electron chi connectivity index (χ2n) is 11.0. The first kappa shape index (κ1) is 22.8. The molecule has 2 heteroatoms. The molecule has 3 aliphatic carbocycles. The van der Waals surface area contributed by atoms with E-state index < -0.39 is 12.2 Å². The predicted molar refractivity (Wildman–Crippen MR) is 123 cm³/mol. The van der Waals surface area contributed by atoms with Gasteiger partial charge in [-0.15, -0.1) is 0 Å². The number of aliphatic hydroxyl groups excluding tert-OH is 2. The number of allylic oxidation sites excluding steroid dienone is 3. The number of rotatable bonds is 6. The zero-order valence-corrected chi connectivity index (χ0v) is 19.3. The molecule has 0 aliphatic heterocycles. The van der Waals surface area contributed by atoms with Crippen LogP contribution in [0.1, 0.15) is 91.9 Å². The molecule has 29 heavy (non-hydrogen) atoms. The molecule has 0 radical (unpaired) electrons. The Balaban J connectivity index is 1.71. The molecule has 0 spiro atoms. The molecule has 6 atom stereocenters. The van der Waals surface area contributed by atoms with Crippen LogP contribution in [-0.2, 0) is 0 Å². The Labute approximate surface area is 179 Å². The standard InChI is InChI=1S/C27H44O2/c1-18(2)8-6-9-19(3)24-13-14-25-21(10-7-15-27(24,25)5)11-12-22-16-23(28)17-26(29)20(22)4/h11-12,18-19,23-26,28-29H,4,6-10,13-17H2,1-3,5H3/b21-11+,22-12-/t19-,23+,24-,25-,26+,27+/m1/s1. The molecule has 3 rings (SSSR count). The minimum Gasteiger partial charge on any atom is -0.393 e. The quantitative estimate of drug-likeness (QED) is 0.528. The molecule has 2 nitrogen and oxygen atoms in total. The van der Waals surface area contributed by atoms with Crippen molar-refractivity contribution in [2.45, 2.75) is 104 Å². The maximum atomic E-state index is 10.1. The van der Waals surface area contributed by atoms with Gasteiger partial charge in [-0.25, -0.2) is 0 Å². The monoisotopic (exact) mass is 400 g/mol. The van der Waals surface area contributed by atoms with E-state index in [1.165, 1.54) is 51.4 Å². The Hall–Kier alpha value is -0.860. The van der Waals surface area contributed by atoms with Crippen LogP contribution in [0.3, 0.4) is 0 Å². The van der Waals surface area contributed by atoms with Crippen molar-refractivity contribution in [3.05, 3.63) is 35.5 Å². The maximum absolute atomic E-state index is 10.1. The molecule has 2 N–H and O–H groups in total. The minimum absolute atomic E-state index is 0.420. The van der Waals surface area contributed by atoms with E-state index in [9.17, 15) is 10.2 Å². The van der Waals surface area contributed by atoms with Crippen molar-refractivity contribution in [2.24, 2.45) is 29.1 Å². The van der Waals surface area contributed by atoms with Crippen LogP contribution in [0.25, 0.3) is 0 Å². The van der Waals surface area contributed by atoms with Gasteiger partial charge in [-0.3, -0.25) is 0 Å². The lowest BCUT2D eigenvalue weighted by Crippen LogP contribution is -2.36. The van der Waals surface area contributed by atoms with E-state index in [0.29, 0.717) is 24.2 Å². The zero-order chi connectivity index (χ0) is 21.2. The molecule has 0 bridgehead atoms. The van der Waals surface area contributed by atoms with E-state index in [-0.39, 0.29) is 0 Å². The fraction of sp³-hybridized carbons (Fsp3) is 0.778. The van der Waals surface area contributed by atoms with Crippen LogP contribution in [0, 0.1) is 29.1 Å². The largest absolute Gasteiger partial charge is 0.393 e. The summed E-state index contributed by atoms with van der Waals surface area (Å²) in [6, 6.07) is 0. The SMILES string of the molecule is C=C1/C(=C\C=C2/CCC[C@]3(C)[C@@H]2CC[C@@H]3[C@H](C)CCCC(C)C)C[C@H](O)C[C@@H]1O. The first-order chi connectivity index (χ1) is 13.7. The van der Waals surface area contributed by atoms with Gasteiger partial charge in [-0.2, -0.15) is 0 Å². The van der Waals surface area contributed by atoms with Crippen LogP contribution in [-0.4, -0.2) is 22.4 Å². The molecule has 0 aromatic carbocycles. The predicted octanol–water partition coefficient (Wildman–Crippen LogP) is 6.59. The molecule has 0 saturated heterocycles. The van der Waals surface area contributed by atoms with Gasteiger partial charge < -0.3 is 10.2 Å². The summed E-state index contributed by atoms with van der Waals surface area (Å²) in [7, 11) is 0. The van der Waals surface area contributed by atoms with Crippen molar-refractivity contribution in [1.29, 1.82) is 0 Å². The van der Waals surface area contributed by atoms with E-state index in [1.54, 1.807) is 5.57 Å². The first-order valence-electron chi connectivity index (χ1n) is 12.2. The van der Waals surface area contributed by atoms with Gasteiger partial charge in [-0.05, 0) is 78.8 Å². The maximum Gasteiger partial charge on any atom is 0.0811 e. The van der Waals surface area contributed by atoms with Gasteiger partial charge in [0.2, 0.25) is 0 Å². The van der Waals surface area contributed by atoms with Crippen molar-refractivity contribution in [2.75, 3.05) is 0 Å². The summed E-state index contributed by atoms with van der Waals surface area (Å²) >= 11 is 0. The lowest BCUT2D eigenvalue weighted by Gasteiger charge is -2.44. The molecule has 3 saturated carbocycles. The molecule has 3 aliphatic rings. The number of aliphatic hydroxyl groups is 2. The smallest absolute Gasteiger partial charge is 0.0811 e. The highest BCUT2D eigenvalue weighted by molar-refractivity contribution is 5.38. The average molecular weight is 401 g/mol. The molecule has 0 heterocycles. The Morgan fingerprint density at radius 1 is 1.14 bits per heavy atom. The van der Waals surface area contributed by atoms with Crippen LogP contribution >= 0.6 is 0 Å². The van der Waals surface area contributed by atoms with Crippen LogP contribution < -0.4 is 0 Å². The second-order valence-corrected chi connectivity index (χ2v) is 11.0. The lowest BCUT2D eigenvalue weighted by molar-refractivity contribution is 0.0861. The van der Waals surface area contributed by atoms with Crippen LogP contribution in [0.4, 0.5) is 0 Å². The normalized spacial score (nSPS) is 39.3. The lowest BCUT2D eigenvalue weighted by atomic mass is 9.60. The summed E-state index contributed by atoms with van der Waals surface area (Å²) < 4.78 is 0. The van der Waals surface area contributed by atoms with Gasteiger partial charge in [0.1, 0.15) is 0 Å². The van der Waals surface area contributed by atoms with Crippen LogP contribution in [0.2, 0.25) is 0 Å². The fourth-order valence-electron chi connectivity index (χ4n) is 6.73. The fourth-order valence-corrected chi connectivity index (χ4v) is 6.73. The summed E-state index contributed by atoms with van der Waals surface area (Å²) in [6.45, 7) is 13.8. The molecule has 0 aromatic rings. The van der Waals surface area contributed by atoms with Gasteiger partial charge >= 0.3 is 0 Å². The average Bonchev–Trinajstić information content (AvgIpc) is 3.00.